The first-order valence-electron chi connectivity index (χ1n) is 10.0. The van der Waals surface area contributed by atoms with Crippen molar-refractivity contribution in [3.05, 3.63) is 63.6 Å². The number of carbonyl (C=O) groups excluding carboxylic acids is 2. The molecule has 2 aromatic carbocycles. The van der Waals surface area contributed by atoms with E-state index in [2.05, 4.69) is 0 Å². The number of phenolic OH excluding ortho intramolecular Hbond substituents is 1. The van der Waals surface area contributed by atoms with E-state index in [-0.39, 0.29) is 38.9 Å². The maximum absolute atomic E-state index is 15.0. The summed E-state index contributed by atoms with van der Waals surface area (Å²) >= 11 is 5.68. The van der Waals surface area contributed by atoms with Crippen LogP contribution in [0.4, 0.5) is 13.2 Å². The van der Waals surface area contributed by atoms with Crippen LogP contribution < -0.4 is 0 Å². The Bertz CT molecular complexity index is 1270. The zero-order valence-electron chi connectivity index (χ0n) is 17.2. The summed E-state index contributed by atoms with van der Waals surface area (Å²) in [5.74, 6) is -7.04. The van der Waals surface area contributed by atoms with Crippen molar-refractivity contribution >= 4 is 34.4 Å². The van der Waals surface area contributed by atoms with Crippen molar-refractivity contribution in [3.63, 3.8) is 0 Å². The molecule has 1 fully saturated rings. The molecule has 1 aromatic heterocycles. The Kier molecular flexibility index (Phi) is 5.67. The molecule has 1 atom stereocenters. The fourth-order valence-corrected chi connectivity index (χ4v) is 4.05. The summed E-state index contributed by atoms with van der Waals surface area (Å²) in [5, 5.41) is 9.37. The van der Waals surface area contributed by atoms with Gasteiger partial charge in [-0.2, -0.15) is 0 Å². The topological polar surface area (TPSA) is 68.5 Å². The van der Waals surface area contributed by atoms with Crippen molar-refractivity contribution < 1.29 is 32.6 Å². The van der Waals surface area contributed by atoms with Crippen LogP contribution >= 0.6 is 11.6 Å². The SMILES string of the molecule is Cc1c(C(C)C(=O)OC2CCC2)c2c(F)c(O)c(F)cc2n1C(=O)c1ccc(Cl)c(F)c1. The van der Waals surface area contributed by atoms with Gasteiger partial charge in [0.2, 0.25) is 0 Å². The molecule has 3 aromatic rings. The standard InChI is InChI=1S/C23H19ClF3NO4/c1-10(23(31)32-13-4-3-5-13)18-11(2)28(17-9-16(26)21(29)20(27)19(17)18)22(30)12-6-7-14(24)15(25)8-12/h6-10,13,29H,3-5H2,1-2H3. The summed E-state index contributed by atoms with van der Waals surface area (Å²) in [6.07, 6.45) is 2.20. The number of fused-ring (bicyclic) bond motifs is 1. The van der Waals surface area contributed by atoms with E-state index in [1.807, 2.05) is 0 Å². The molecule has 168 valence electrons. The van der Waals surface area contributed by atoms with Gasteiger partial charge in [0.15, 0.2) is 17.4 Å². The number of esters is 1. The number of aromatic hydroxyl groups is 1. The molecule has 1 unspecified atom stereocenters. The van der Waals surface area contributed by atoms with E-state index >= 15 is 4.39 Å². The van der Waals surface area contributed by atoms with Gasteiger partial charge in [0.25, 0.3) is 5.91 Å². The van der Waals surface area contributed by atoms with Gasteiger partial charge in [0, 0.05) is 22.7 Å². The lowest BCUT2D eigenvalue weighted by Gasteiger charge is -2.26. The van der Waals surface area contributed by atoms with Gasteiger partial charge in [-0.15, -0.1) is 0 Å². The van der Waals surface area contributed by atoms with Crippen LogP contribution in [0.15, 0.2) is 24.3 Å². The van der Waals surface area contributed by atoms with Crippen molar-refractivity contribution in [1.82, 2.24) is 4.57 Å². The van der Waals surface area contributed by atoms with Crippen molar-refractivity contribution in [2.24, 2.45) is 0 Å². The van der Waals surface area contributed by atoms with Gasteiger partial charge in [0.05, 0.1) is 16.5 Å². The van der Waals surface area contributed by atoms with E-state index < -0.39 is 41.0 Å². The summed E-state index contributed by atoms with van der Waals surface area (Å²) in [7, 11) is 0. The van der Waals surface area contributed by atoms with E-state index in [1.165, 1.54) is 26.0 Å². The maximum atomic E-state index is 15.0. The lowest BCUT2D eigenvalue weighted by molar-refractivity contribution is -0.154. The second-order valence-electron chi connectivity index (χ2n) is 7.90. The molecule has 0 aliphatic heterocycles. The highest BCUT2D eigenvalue weighted by molar-refractivity contribution is 6.30. The number of nitrogens with zero attached hydrogens (tertiary/aromatic N) is 1. The number of hydrogen-bond donors (Lipinski definition) is 1. The molecular weight excluding hydrogens is 447 g/mol. The molecule has 0 saturated heterocycles. The van der Waals surface area contributed by atoms with Gasteiger partial charge in [-0.25, -0.2) is 13.2 Å². The van der Waals surface area contributed by atoms with Crippen LogP contribution in [0.2, 0.25) is 5.02 Å². The van der Waals surface area contributed by atoms with Crippen LogP contribution in [0.5, 0.6) is 5.75 Å². The Morgan fingerprint density at radius 1 is 1.19 bits per heavy atom. The molecule has 0 spiro atoms. The van der Waals surface area contributed by atoms with Crippen LogP contribution in [0.1, 0.15) is 53.7 Å². The minimum atomic E-state index is -1.30. The predicted molar refractivity (Wildman–Crippen MR) is 112 cm³/mol. The largest absolute Gasteiger partial charge is 0.503 e. The predicted octanol–water partition coefficient (Wildman–Crippen LogP) is 5.61. The third kappa shape index (κ3) is 3.52. The smallest absolute Gasteiger partial charge is 0.313 e. The van der Waals surface area contributed by atoms with Gasteiger partial charge in [-0.3, -0.25) is 14.2 Å². The molecule has 0 bridgehead atoms. The lowest BCUT2D eigenvalue weighted by Crippen LogP contribution is -2.27. The van der Waals surface area contributed by atoms with E-state index in [1.54, 1.807) is 0 Å². The minimum Gasteiger partial charge on any atom is -0.503 e. The Morgan fingerprint density at radius 3 is 2.47 bits per heavy atom. The Hall–Kier alpha value is -3.00. The molecular formula is C23H19ClF3NO4. The van der Waals surface area contributed by atoms with Crippen molar-refractivity contribution in [3.8, 4) is 5.75 Å². The first-order chi connectivity index (χ1) is 15.1. The average Bonchev–Trinajstić information content (AvgIpc) is 3.01. The highest BCUT2D eigenvalue weighted by Gasteiger charge is 2.33. The number of hydrogen-bond acceptors (Lipinski definition) is 4. The average molecular weight is 466 g/mol. The van der Waals surface area contributed by atoms with Gasteiger partial charge in [0.1, 0.15) is 11.9 Å². The molecule has 1 aliphatic rings. The zero-order chi connectivity index (χ0) is 23.3. The van der Waals surface area contributed by atoms with Crippen molar-refractivity contribution in [2.75, 3.05) is 0 Å². The molecule has 5 nitrogen and oxygen atoms in total. The van der Waals surface area contributed by atoms with Gasteiger partial charge < -0.3 is 9.84 Å². The minimum absolute atomic E-state index is 0.0832. The fraction of sp³-hybridized carbons (Fsp3) is 0.304. The molecule has 4 rings (SSSR count). The second kappa shape index (κ2) is 8.16. The number of ether oxygens (including phenoxy) is 1. The number of halogens is 4. The number of phenols is 1. The molecule has 0 radical (unpaired) electrons. The summed E-state index contributed by atoms with van der Waals surface area (Å²) < 4.78 is 49.6. The number of rotatable bonds is 4. The van der Waals surface area contributed by atoms with E-state index in [0.717, 1.165) is 36.0 Å². The quantitative estimate of drug-likeness (QED) is 0.508. The Labute approximate surface area is 186 Å². The van der Waals surface area contributed by atoms with Gasteiger partial charge >= 0.3 is 5.97 Å². The van der Waals surface area contributed by atoms with Crippen LogP contribution in [0, 0.1) is 24.4 Å². The molecule has 9 heteroatoms. The molecule has 1 N–H and O–H groups in total. The van der Waals surface area contributed by atoms with E-state index in [0.29, 0.717) is 0 Å². The number of benzene rings is 2. The zero-order valence-corrected chi connectivity index (χ0v) is 18.0. The maximum Gasteiger partial charge on any atom is 0.313 e. The summed E-state index contributed by atoms with van der Waals surface area (Å²) in [6.45, 7) is 2.94. The highest BCUT2D eigenvalue weighted by Crippen LogP contribution is 2.39. The van der Waals surface area contributed by atoms with Crippen LogP contribution in [0.3, 0.4) is 0 Å². The lowest BCUT2D eigenvalue weighted by atomic mass is 9.94. The monoisotopic (exact) mass is 465 g/mol. The molecule has 1 saturated carbocycles. The second-order valence-corrected chi connectivity index (χ2v) is 8.30. The van der Waals surface area contributed by atoms with Crippen LogP contribution in [-0.4, -0.2) is 27.7 Å². The van der Waals surface area contributed by atoms with E-state index in [9.17, 15) is 23.5 Å². The molecule has 32 heavy (non-hydrogen) atoms. The van der Waals surface area contributed by atoms with Gasteiger partial charge in [-0.05, 0) is 56.9 Å². The Balaban J connectivity index is 1.91. The third-order valence-corrected chi connectivity index (χ3v) is 6.21. The van der Waals surface area contributed by atoms with Crippen LogP contribution in [-0.2, 0) is 9.53 Å². The van der Waals surface area contributed by atoms with Crippen LogP contribution in [0.25, 0.3) is 10.9 Å². The fourth-order valence-electron chi connectivity index (χ4n) is 3.93. The third-order valence-electron chi connectivity index (χ3n) is 5.90. The first kappa shape index (κ1) is 22.2. The molecule has 1 aliphatic carbocycles. The first-order valence-corrected chi connectivity index (χ1v) is 10.4. The summed E-state index contributed by atoms with van der Waals surface area (Å²) in [6, 6.07) is 4.19. The van der Waals surface area contributed by atoms with Gasteiger partial charge in [-0.1, -0.05) is 11.6 Å². The number of aromatic nitrogens is 1. The molecule has 1 heterocycles. The number of carbonyl (C=O) groups is 2. The van der Waals surface area contributed by atoms with E-state index in [4.69, 9.17) is 16.3 Å². The highest BCUT2D eigenvalue weighted by atomic mass is 35.5. The Morgan fingerprint density at radius 2 is 1.88 bits per heavy atom. The normalized spacial score (nSPS) is 14.9. The summed E-state index contributed by atoms with van der Waals surface area (Å²) in [5.41, 5.74) is -0.0896. The van der Waals surface area contributed by atoms with Crippen molar-refractivity contribution in [1.29, 1.82) is 0 Å². The summed E-state index contributed by atoms with van der Waals surface area (Å²) in [4.78, 5) is 25.9. The van der Waals surface area contributed by atoms with Crippen molar-refractivity contribution in [2.45, 2.75) is 45.1 Å². The molecule has 0 amide bonds.